The summed E-state index contributed by atoms with van der Waals surface area (Å²) in [6.07, 6.45) is 2.92. The molecule has 0 fully saturated rings. The third-order valence-electron chi connectivity index (χ3n) is 3.75. The zero-order chi connectivity index (χ0) is 16.9. The van der Waals surface area contributed by atoms with Crippen molar-refractivity contribution in [2.75, 3.05) is 0 Å². The van der Waals surface area contributed by atoms with Gasteiger partial charge in [-0.15, -0.1) is 0 Å². The van der Waals surface area contributed by atoms with Crippen LogP contribution in [0, 0.1) is 6.92 Å². The Kier molecular flexibility index (Phi) is 4.57. The number of fused-ring (bicyclic) bond motifs is 1. The number of amides is 1. The lowest BCUT2D eigenvalue weighted by atomic mass is 10.1. The minimum atomic E-state index is -0.232. The quantitative estimate of drug-likeness (QED) is 0.726. The van der Waals surface area contributed by atoms with Gasteiger partial charge in [0.2, 0.25) is 5.91 Å². The molecule has 3 aromatic rings. The number of carbonyl (C=O) groups is 1. The van der Waals surface area contributed by atoms with Gasteiger partial charge in [-0.2, -0.15) is 0 Å². The highest BCUT2D eigenvalue weighted by atomic mass is 16.1. The van der Waals surface area contributed by atoms with E-state index >= 15 is 0 Å². The highest BCUT2D eigenvalue weighted by Gasteiger charge is 2.01. The second-order valence-electron chi connectivity index (χ2n) is 5.68. The monoisotopic (exact) mass is 318 g/mol. The SMILES string of the molecule is Cc1cccc(CNC(=O)/C=C/c2cc3ccccc3[nH]c2=O)c1. The van der Waals surface area contributed by atoms with Crippen LogP contribution < -0.4 is 10.9 Å². The number of hydrogen-bond donors (Lipinski definition) is 2. The van der Waals surface area contributed by atoms with Gasteiger partial charge in [0, 0.05) is 23.7 Å². The molecule has 0 aliphatic rings. The van der Waals surface area contributed by atoms with Crippen molar-refractivity contribution >= 4 is 22.9 Å². The summed E-state index contributed by atoms with van der Waals surface area (Å²) in [6, 6.07) is 17.3. The molecule has 0 saturated carbocycles. The number of hydrogen-bond acceptors (Lipinski definition) is 2. The van der Waals surface area contributed by atoms with Crippen molar-refractivity contribution in [2.45, 2.75) is 13.5 Å². The number of aromatic amines is 1. The molecular formula is C20H18N2O2. The number of para-hydroxylation sites is 1. The Labute approximate surface area is 139 Å². The van der Waals surface area contributed by atoms with Crippen molar-refractivity contribution < 1.29 is 4.79 Å². The first-order valence-electron chi connectivity index (χ1n) is 7.75. The smallest absolute Gasteiger partial charge is 0.255 e. The molecule has 0 atom stereocenters. The number of benzene rings is 2. The van der Waals surface area contributed by atoms with E-state index in [0.29, 0.717) is 12.1 Å². The minimum absolute atomic E-state index is 0.212. The summed E-state index contributed by atoms with van der Waals surface area (Å²) in [7, 11) is 0. The molecule has 0 radical (unpaired) electrons. The molecule has 120 valence electrons. The summed E-state index contributed by atoms with van der Waals surface area (Å²) in [6.45, 7) is 2.47. The van der Waals surface area contributed by atoms with Crippen LogP contribution in [0.5, 0.6) is 0 Å². The molecule has 0 spiro atoms. The van der Waals surface area contributed by atoms with E-state index in [9.17, 15) is 9.59 Å². The number of pyridine rings is 1. The van der Waals surface area contributed by atoms with Crippen LogP contribution >= 0.6 is 0 Å². The number of carbonyl (C=O) groups excluding carboxylic acids is 1. The molecule has 0 unspecified atom stereocenters. The number of nitrogens with one attached hydrogen (secondary N) is 2. The normalized spacial score (nSPS) is 11.0. The van der Waals surface area contributed by atoms with Crippen molar-refractivity contribution in [2.24, 2.45) is 0 Å². The average molecular weight is 318 g/mol. The van der Waals surface area contributed by atoms with E-state index in [0.717, 1.165) is 22.0 Å². The van der Waals surface area contributed by atoms with E-state index in [1.165, 1.54) is 12.2 Å². The first-order valence-corrected chi connectivity index (χ1v) is 7.75. The lowest BCUT2D eigenvalue weighted by Crippen LogP contribution is -2.20. The largest absolute Gasteiger partial charge is 0.348 e. The van der Waals surface area contributed by atoms with E-state index in [2.05, 4.69) is 10.3 Å². The van der Waals surface area contributed by atoms with Crippen LogP contribution in [-0.2, 0) is 11.3 Å². The molecule has 0 bridgehead atoms. The first kappa shape index (κ1) is 15.7. The summed E-state index contributed by atoms with van der Waals surface area (Å²) in [5.74, 6) is -0.232. The molecule has 2 N–H and O–H groups in total. The summed E-state index contributed by atoms with van der Waals surface area (Å²) in [5, 5.41) is 3.74. The number of aryl methyl sites for hydroxylation is 1. The summed E-state index contributed by atoms with van der Waals surface area (Å²) in [5.41, 5.74) is 3.22. The zero-order valence-electron chi connectivity index (χ0n) is 13.4. The maximum atomic E-state index is 12.0. The number of aromatic nitrogens is 1. The van der Waals surface area contributed by atoms with E-state index in [-0.39, 0.29) is 11.5 Å². The van der Waals surface area contributed by atoms with Gasteiger partial charge in [0.1, 0.15) is 0 Å². The fourth-order valence-electron chi connectivity index (χ4n) is 2.52. The third-order valence-corrected chi connectivity index (χ3v) is 3.75. The van der Waals surface area contributed by atoms with E-state index in [1.807, 2.05) is 55.5 Å². The number of rotatable bonds is 4. The summed E-state index contributed by atoms with van der Waals surface area (Å²) >= 11 is 0. The van der Waals surface area contributed by atoms with Gasteiger partial charge in [-0.05, 0) is 36.1 Å². The van der Waals surface area contributed by atoms with Gasteiger partial charge in [0.25, 0.3) is 5.56 Å². The molecule has 4 nitrogen and oxygen atoms in total. The summed E-state index contributed by atoms with van der Waals surface area (Å²) < 4.78 is 0. The first-order chi connectivity index (χ1) is 11.6. The maximum Gasteiger partial charge on any atom is 0.255 e. The Balaban J connectivity index is 1.70. The maximum absolute atomic E-state index is 12.0. The van der Waals surface area contributed by atoms with Crippen molar-refractivity contribution in [1.29, 1.82) is 0 Å². The van der Waals surface area contributed by atoms with Crippen molar-refractivity contribution in [1.82, 2.24) is 10.3 Å². The van der Waals surface area contributed by atoms with Crippen molar-refractivity contribution in [3.63, 3.8) is 0 Å². The van der Waals surface area contributed by atoms with Crippen LogP contribution in [0.2, 0.25) is 0 Å². The van der Waals surface area contributed by atoms with E-state index < -0.39 is 0 Å². The molecule has 0 aliphatic carbocycles. The second kappa shape index (κ2) is 6.96. The third kappa shape index (κ3) is 3.79. The molecule has 0 saturated heterocycles. The molecular weight excluding hydrogens is 300 g/mol. The van der Waals surface area contributed by atoms with Gasteiger partial charge in [-0.25, -0.2) is 0 Å². The summed E-state index contributed by atoms with van der Waals surface area (Å²) in [4.78, 5) is 26.8. The van der Waals surface area contributed by atoms with Crippen LogP contribution in [0.3, 0.4) is 0 Å². The molecule has 2 aromatic carbocycles. The van der Waals surface area contributed by atoms with Crippen LogP contribution in [0.15, 0.2) is 65.5 Å². The Bertz CT molecular complexity index is 971. The Morgan fingerprint density at radius 2 is 1.96 bits per heavy atom. The van der Waals surface area contributed by atoms with Gasteiger partial charge in [-0.1, -0.05) is 48.0 Å². The standard InChI is InChI=1S/C20H18N2O2/c1-14-5-4-6-15(11-14)13-21-19(23)10-9-17-12-16-7-2-3-8-18(16)22-20(17)24/h2-12H,13H2,1H3,(H,21,23)(H,22,24)/b10-9+. The van der Waals surface area contributed by atoms with Gasteiger partial charge in [0.15, 0.2) is 0 Å². The molecule has 0 aliphatic heterocycles. The molecule has 1 amide bonds. The van der Waals surface area contributed by atoms with E-state index in [4.69, 9.17) is 0 Å². The Hall–Kier alpha value is -3.14. The average Bonchev–Trinajstić information content (AvgIpc) is 2.58. The van der Waals surface area contributed by atoms with Crippen molar-refractivity contribution in [3.8, 4) is 0 Å². The highest BCUT2D eigenvalue weighted by molar-refractivity contribution is 5.92. The highest BCUT2D eigenvalue weighted by Crippen LogP contribution is 2.10. The van der Waals surface area contributed by atoms with Crippen LogP contribution in [0.4, 0.5) is 0 Å². The van der Waals surface area contributed by atoms with Gasteiger partial charge in [0.05, 0.1) is 0 Å². The Morgan fingerprint density at radius 3 is 2.79 bits per heavy atom. The molecule has 1 aromatic heterocycles. The Morgan fingerprint density at radius 1 is 1.12 bits per heavy atom. The van der Waals surface area contributed by atoms with Crippen LogP contribution in [-0.4, -0.2) is 10.9 Å². The molecule has 4 heteroatoms. The second-order valence-corrected chi connectivity index (χ2v) is 5.68. The fraction of sp³-hybridized carbons (Fsp3) is 0.100. The van der Waals surface area contributed by atoms with Gasteiger partial charge < -0.3 is 10.3 Å². The van der Waals surface area contributed by atoms with E-state index in [1.54, 1.807) is 6.07 Å². The lowest BCUT2D eigenvalue weighted by molar-refractivity contribution is -0.116. The predicted octanol–water partition coefficient (Wildman–Crippen LogP) is 3.17. The van der Waals surface area contributed by atoms with Crippen LogP contribution in [0.1, 0.15) is 16.7 Å². The molecule has 1 heterocycles. The number of H-pyrrole nitrogens is 1. The fourth-order valence-corrected chi connectivity index (χ4v) is 2.52. The van der Waals surface area contributed by atoms with Crippen molar-refractivity contribution in [3.05, 3.63) is 87.7 Å². The minimum Gasteiger partial charge on any atom is -0.348 e. The topological polar surface area (TPSA) is 62.0 Å². The predicted molar refractivity (Wildman–Crippen MR) is 96.6 cm³/mol. The molecule has 3 rings (SSSR count). The van der Waals surface area contributed by atoms with Gasteiger partial charge >= 0.3 is 0 Å². The lowest BCUT2D eigenvalue weighted by Gasteiger charge is -2.03. The van der Waals surface area contributed by atoms with Gasteiger partial charge in [-0.3, -0.25) is 9.59 Å². The zero-order valence-corrected chi connectivity index (χ0v) is 13.4. The van der Waals surface area contributed by atoms with Crippen LogP contribution in [0.25, 0.3) is 17.0 Å². The molecule has 24 heavy (non-hydrogen) atoms.